The highest BCUT2D eigenvalue weighted by Crippen LogP contribution is 2.46. The molecule has 6 heteroatoms. The number of carboxylic acids is 1. The molecule has 1 aliphatic carbocycles. The molecule has 2 heterocycles. The Morgan fingerprint density at radius 1 is 1.19 bits per heavy atom. The lowest BCUT2D eigenvalue weighted by Gasteiger charge is -2.41. The van der Waals surface area contributed by atoms with E-state index in [-0.39, 0.29) is 17.4 Å². The molecule has 4 unspecified atom stereocenters. The number of nitrogens with zero attached hydrogens (tertiary/aromatic N) is 2. The summed E-state index contributed by atoms with van der Waals surface area (Å²) in [6.45, 7) is 5.03. The monoisotopic (exact) mass is 312 g/mol. The van der Waals surface area contributed by atoms with Crippen molar-refractivity contribution in [2.45, 2.75) is 57.0 Å². The van der Waals surface area contributed by atoms with Gasteiger partial charge >= 0.3 is 12.0 Å². The molecule has 0 spiro atoms. The molecule has 21 heavy (non-hydrogen) atoms. The van der Waals surface area contributed by atoms with Gasteiger partial charge in [-0.25, -0.2) is 9.59 Å². The first kappa shape index (κ1) is 15.0. The smallest absolute Gasteiger partial charge is 0.327 e. The topological polar surface area (TPSA) is 60.9 Å². The van der Waals surface area contributed by atoms with E-state index in [0.29, 0.717) is 17.6 Å². The van der Waals surface area contributed by atoms with Gasteiger partial charge in [-0.1, -0.05) is 6.92 Å². The minimum Gasteiger partial charge on any atom is -0.480 e. The zero-order valence-corrected chi connectivity index (χ0v) is 13.5. The normalized spacial score (nSPS) is 36.9. The van der Waals surface area contributed by atoms with Crippen molar-refractivity contribution in [3.63, 3.8) is 0 Å². The summed E-state index contributed by atoms with van der Waals surface area (Å²) in [6.07, 6.45) is 4.41. The number of aliphatic carboxylic acids is 1. The van der Waals surface area contributed by atoms with E-state index in [4.69, 9.17) is 0 Å². The minimum atomic E-state index is -0.864. The summed E-state index contributed by atoms with van der Waals surface area (Å²) in [5.74, 6) is 0.651. The predicted octanol–water partition coefficient (Wildman–Crippen LogP) is 2.46. The zero-order valence-electron chi connectivity index (χ0n) is 12.7. The summed E-state index contributed by atoms with van der Waals surface area (Å²) in [7, 11) is 0. The van der Waals surface area contributed by atoms with Gasteiger partial charge in [-0.05, 0) is 44.4 Å². The average Bonchev–Trinajstić information content (AvgIpc) is 3.19. The van der Waals surface area contributed by atoms with Crippen molar-refractivity contribution >= 4 is 23.8 Å². The fraction of sp³-hybridized carbons (Fsp3) is 0.867. The van der Waals surface area contributed by atoms with Crippen LogP contribution in [0.5, 0.6) is 0 Å². The zero-order chi connectivity index (χ0) is 15.1. The van der Waals surface area contributed by atoms with Crippen molar-refractivity contribution in [1.29, 1.82) is 0 Å². The lowest BCUT2D eigenvalue weighted by Crippen LogP contribution is -2.56. The molecule has 1 N–H and O–H groups in total. The third kappa shape index (κ3) is 2.74. The fourth-order valence-electron chi connectivity index (χ4n) is 3.46. The van der Waals surface area contributed by atoms with Crippen molar-refractivity contribution in [3.05, 3.63) is 0 Å². The Labute approximate surface area is 130 Å². The molecule has 0 aromatic rings. The van der Waals surface area contributed by atoms with Gasteiger partial charge in [0.1, 0.15) is 6.04 Å². The average molecular weight is 312 g/mol. The molecule has 2 aliphatic heterocycles. The van der Waals surface area contributed by atoms with Gasteiger partial charge in [0, 0.05) is 18.3 Å². The number of hydrogen-bond donors (Lipinski definition) is 1. The molecule has 0 radical (unpaired) electrons. The fourth-order valence-corrected chi connectivity index (χ4v) is 5.08. The molecular weight excluding hydrogens is 288 g/mol. The third-order valence-electron chi connectivity index (χ3n) is 5.19. The van der Waals surface area contributed by atoms with Gasteiger partial charge in [-0.3, -0.25) is 4.90 Å². The summed E-state index contributed by atoms with van der Waals surface area (Å²) in [5, 5.41) is 9.52. The number of thioether (sulfide) groups is 1. The van der Waals surface area contributed by atoms with E-state index in [1.54, 1.807) is 16.7 Å². The molecule has 1 saturated carbocycles. The molecule has 5 nitrogen and oxygen atoms in total. The molecule has 2 amide bonds. The molecule has 3 aliphatic rings. The summed E-state index contributed by atoms with van der Waals surface area (Å²) in [5.41, 5.74) is 0. The van der Waals surface area contributed by atoms with Crippen LogP contribution < -0.4 is 0 Å². The number of carboxylic acid groups (broad SMARTS) is 1. The molecular formula is C15H24N2O3S. The lowest BCUT2D eigenvalue weighted by molar-refractivity contribution is -0.141. The number of piperidine rings is 1. The Hall–Kier alpha value is -0.910. The number of hydrogen-bond acceptors (Lipinski definition) is 3. The van der Waals surface area contributed by atoms with Crippen LogP contribution in [-0.4, -0.2) is 56.7 Å². The highest BCUT2D eigenvalue weighted by Gasteiger charge is 2.49. The number of urea groups is 1. The standard InChI is InChI=1S/C15H24N2O3S/c1-9-4-3-7-16(10(9)2)15(20)17-12(14(18)19)8-21-13(17)11-5-6-11/h9-13H,3-8H2,1-2H3,(H,18,19). The van der Waals surface area contributed by atoms with Gasteiger partial charge in [0.15, 0.2) is 0 Å². The number of rotatable bonds is 2. The molecule has 118 valence electrons. The summed E-state index contributed by atoms with van der Waals surface area (Å²) in [6, 6.07) is -0.507. The maximum Gasteiger partial charge on any atom is 0.327 e. The molecule has 0 aromatic carbocycles. The van der Waals surface area contributed by atoms with Gasteiger partial charge in [0.05, 0.1) is 5.37 Å². The summed E-state index contributed by atoms with van der Waals surface area (Å²) < 4.78 is 0. The van der Waals surface area contributed by atoms with Crippen molar-refractivity contribution in [3.8, 4) is 0 Å². The van der Waals surface area contributed by atoms with E-state index in [9.17, 15) is 14.7 Å². The molecule has 2 saturated heterocycles. The quantitative estimate of drug-likeness (QED) is 0.851. The predicted molar refractivity (Wildman–Crippen MR) is 82.2 cm³/mol. The van der Waals surface area contributed by atoms with Crippen molar-refractivity contribution in [1.82, 2.24) is 9.80 Å². The second kappa shape index (κ2) is 5.71. The summed E-state index contributed by atoms with van der Waals surface area (Å²) in [4.78, 5) is 28.1. The van der Waals surface area contributed by atoms with Crippen LogP contribution in [0.15, 0.2) is 0 Å². The second-order valence-electron chi connectivity index (χ2n) is 6.66. The van der Waals surface area contributed by atoms with Crippen LogP contribution in [0.1, 0.15) is 39.5 Å². The van der Waals surface area contributed by atoms with Crippen LogP contribution in [0.25, 0.3) is 0 Å². The Bertz CT molecular complexity index is 441. The molecule has 0 aromatic heterocycles. The van der Waals surface area contributed by atoms with Crippen molar-refractivity contribution in [2.75, 3.05) is 12.3 Å². The Morgan fingerprint density at radius 2 is 1.90 bits per heavy atom. The van der Waals surface area contributed by atoms with E-state index in [1.807, 2.05) is 4.90 Å². The van der Waals surface area contributed by atoms with Gasteiger partial charge in [-0.2, -0.15) is 0 Å². The molecule has 0 bridgehead atoms. The maximum absolute atomic E-state index is 13.0. The van der Waals surface area contributed by atoms with Crippen LogP contribution in [-0.2, 0) is 4.79 Å². The van der Waals surface area contributed by atoms with Gasteiger partial charge in [0.25, 0.3) is 0 Å². The number of carbonyl (C=O) groups excluding carboxylic acids is 1. The minimum absolute atomic E-state index is 0.0525. The van der Waals surface area contributed by atoms with Crippen LogP contribution in [0.3, 0.4) is 0 Å². The van der Waals surface area contributed by atoms with Gasteiger partial charge in [0.2, 0.25) is 0 Å². The van der Waals surface area contributed by atoms with Gasteiger partial charge < -0.3 is 10.0 Å². The van der Waals surface area contributed by atoms with E-state index >= 15 is 0 Å². The Kier molecular flexibility index (Phi) is 4.08. The van der Waals surface area contributed by atoms with E-state index < -0.39 is 12.0 Å². The van der Waals surface area contributed by atoms with E-state index in [0.717, 1.165) is 32.2 Å². The van der Waals surface area contributed by atoms with E-state index in [2.05, 4.69) is 13.8 Å². The highest BCUT2D eigenvalue weighted by molar-refractivity contribution is 8.00. The first-order chi connectivity index (χ1) is 10.0. The second-order valence-corrected chi connectivity index (χ2v) is 7.81. The first-order valence-electron chi connectivity index (χ1n) is 7.94. The lowest BCUT2D eigenvalue weighted by atomic mass is 9.92. The van der Waals surface area contributed by atoms with Crippen LogP contribution in [0.4, 0.5) is 4.79 Å². The van der Waals surface area contributed by atoms with Crippen LogP contribution >= 0.6 is 11.8 Å². The SMILES string of the molecule is CC1CCCN(C(=O)N2C(C(=O)O)CSC2C2CC2)C1C. The molecule has 3 fully saturated rings. The van der Waals surface area contributed by atoms with Crippen LogP contribution in [0, 0.1) is 11.8 Å². The van der Waals surface area contributed by atoms with E-state index in [1.165, 1.54) is 0 Å². The summed E-state index contributed by atoms with van der Waals surface area (Å²) >= 11 is 1.65. The van der Waals surface area contributed by atoms with Crippen LogP contribution in [0.2, 0.25) is 0 Å². The highest BCUT2D eigenvalue weighted by atomic mass is 32.2. The number of likely N-dealkylation sites (tertiary alicyclic amines) is 1. The Morgan fingerprint density at radius 3 is 2.52 bits per heavy atom. The number of carbonyl (C=O) groups is 2. The third-order valence-corrected chi connectivity index (χ3v) is 6.65. The molecule has 3 rings (SSSR count). The molecule has 4 atom stereocenters. The Balaban J connectivity index is 1.80. The van der Waals surface area contributed by atoms with Crippen molar-refractivity contribution < 1.29 is 14.7 Å². The van der Waals surface area contributed by atoms with Crippen molar-refractivity contribution in [2.24, 2.45) is 11.8 Å². The largest absolute Gasteiger partial charge is 0.480 e. The van der Waals surface area contributed by atoms with Gasteiger partial charge in [-0.15, -0.1) is 11.8 Å². The number of amides is 2. The maximum atomic E-state index is 13.0. The first-order valence-corrected chi connectivity index (χ1v) is 8.99.